The number of hydrogen-bond donors (Lipinski definition) is 0. The zero-order valence-electron chi connectivity index (χ0n) is 15.0. The van der Waals surface area contributed by atoms with E-state index < -0.39 is 0 Å². The third kappa shape index (κ3) is 2.46. The van der Waals surface area contributed by atoms with Gasteiger partial charge in [0.15, 0.2) is 0 Å². The second-order valence-corrected chi connectivity index (χ2v) is 8.11. The lowest BCUT2D eigenvalue weighted by atomic mass is 9.56. The molecule has 0 saturated carbocycles. The summed E-state index contributed by atoms with van der Waals surface area (Å²) in [6.07, 6.45) is 6.80. The van der Waals surface area contributed by atoms with Gasteiger partial charge in [0, 0.05) is 24.6 Å². The minimum absolute atomic E-state index is 0.400. The molecule has 23 heavy (non-hydrogen) atoms. The lowest BCUT2D eigenvalue weighted by molar-refractivity contribution is -0.0130. The maximum atomic E-state index is 5.92. The van der Waals surface area contributed by atoms with Crippen molar-refractivity contribution >= 4 is 0 Å². The molecule has 1 aromatic carbocycles. The zero-order valence-corrected chi connectivity index (χ0v) is 15.0. The molecule has 2 saturated heterocycles. The van der Waals surface area contributed by atoms with E-state index in [9.17, 15) is 0 Å². The molecule has 2 bridgehead atoms. The van der Waals surface area contributed by atoms with E-state index in [1.165, 1.54) is 44.2 Å². The first-order valence-corrected chi connectivity index (χ1v) is 9.59. The molecule has 2 heterocycles. The standard InChI is InChI=1S/C21H31NO/c1-4-21-9-10-22(14-18-6-5-11-23-18)20(16(21)3)13-17-8-7-15(2)12-19(17)21/h7-8,12,16,18,20H,4-6,9-11,13-14H2,1-3H3/t16-,18-,20+,21+/m0/s1. The Bertz CT molecular complexity index is 577. The van der Waals surface area contributed by atoms with Gasteiger partial charge in [-0.2, -0.15) is 0 Å². The van der Waals surface area contributed by atoms with Gasteiger partial charge in [-0.15, -0.1) is 0 Å². The molecule has 0 spiro atoms. The number of fused-ring (bicyclic) bond motifs is 4. The van der Waals surface area contributed by atoms with Gasteiger partial charge in [0.05, 0.1) is 6.10 Å². The van der Waals surface area contributed by atoms with Crippen LogP contribution in [0.2, 0.25) is 0 Å². The van der Waals surface area contributed by atoms with Crippen LogP contribution in [0.5, 0.6) is 0 Å². The Labute approximate surface area is 141 Å². The summed E-state index contributed by atoms with van der Waals surface area (Å²) in [4.78, 5) is 2.76. The third-order valence-electron chi connectivity index (χ3n) is 7.09. The molecule has 0 aromatic heterocycles. The van der Waals surface area contributed by atoms with Gasteiger partial charge < -0.3 is 4.74 Å². The van der Waals surface area contributed by atoms with E-state index >= 15 is 0 Å². The Kier molecular flexibility index (Phi) is 4.01. The van der Waals surface area contributed by atoms with Crippen molar-refractivity contribution in [1.29, 1.82) is 0 Å². The van der Waals surface area contributed by atoms with Crippen molar-refractivity contribution in [1.82, 2.24) is 4.90 Å². The second kappa shape index (κ2) is 5.89. The molecule has 1 aliphatic carbocycles. The van der Waals surface area contributed by atoms with Crippen molar-refractivity contribution in [2.75, 3.05) is 19.7 Å². The van der Waals surface area contributed by atoms with Gasteiger partial charge in [0.2, 0.25) is 0 Å². The van der Waals surface area contributed by atoms with Crippen molar-refractivity contribution in [2.45, 2.75) is 70.4 Å². The number of nitrogens with zero attached hydrogens (tertiary/aromatic N) is 1. The number of likely N-dealkylation sites (tertiary alicyclic amines) is 1. The lowest BCUT2D eigenvalue weighted by Crippen LogP contribution is -2.60. The molecule has 3 aliphatic rings. The van der Waals surface area contributed by atoms with Crippen LogP contribution in [0.15, 0.2) is 18.2 Å². The molecule has 4 rings (SSSR count). The quantitative estimate of drug-likeness (QED) is 0.833. The van der Waals surface area contributed by atoms with Gasteiger partial charge in [-0.1, -0.05) is 37.6 Å². The molecular weight excluding hydrogens is 282 g/mol. The molecule has 2 nitrogen and oxygen atoms in total. The number of hydrogen-bond acceptors (Lipinski definition) is 2. The second-order valence-electron chi connectivity index (χ2n) is 8.11. The summed E-state index contributed by atoms with van der Waals surface area (Å²) in [5, 5.41) is 0. The van der Waals surface area contributed by atoms with Crippen LogP contribution in [-0.2, 0) is 16.6 Å². The molecule has 0 amide bonds. The van der Waals surface area contributed by atoms with Crippen LogP contribution in [0.3, 0.4) is 0 Å². The van der Waals surface area contributed by atoms with Crippen LogP contribution >= 0.6 is 0 Å². The van der Waals surface area contributed by atoms with Gasteiger partial charge in [-0.3, -0.25) is 4.90 Å². The van der Waals surface area contributed by atoms with E-state index in [1.54, 1.807) is 11.1 Å². The Hall–Kier alpha value is -0.860. The van der Waals surface area contributed by atoms with Gasteiger partial charge in [-0.25, -0.2) is 0 Å². The molecule has 2 aliphatic heterocycles. The topological polar surface area (TPSA) is 12.5 Å². The third-order valence-corrected chi connectivity index (χ3v) is 7.09. The van der Waals surface area contributed by atoms with Crippen LogP contribution in [0.4, 0.5) is 0 Å². The minimum Gasteiger partial charge on any atom is -0.377 e. The number of rotatable bonds is 3. The fourth-order valence-electron chi connectivity index (χ4n) is 5.63. The van der Waals surface area contributed by atoms with Crippen LogP contribution in [-0.4, -0.2) is 36.7 Å². The molecule has 4 atom stereocenters. The maximum absolute atomic E-state index is 5.92. The maximum Gasteiger partial charge on any atom is 0.0702 e. The van der Waals surface area contributed by atoms with Gasteiger partial charge in [0.1, 0.15) is 0 Å². The molecule has 0 unspecified atom stereocenters. The van der Waals surface area contributed by atoms with Crippen LogP contribution < -0.4 is 0 Å². The Balaban J connectivity index is 1.66. The minimum atomic E-state index is 0.400. The molecule has 1 aromatic rings. The van der Waals surface area contributed by atoms with E-state index in [0.717, 1.165) is 19.1 Å². The van der Waals surface area contributed by atoms with Gasteiger partial charge >= 0.3 is 0 Å². The first kappa shape index (κ1) is 15.7. The Morgan fingerprint density at radius 1 is 1.35 bits per heavy atom. The summed E-state index contributed by atoms with van der Waals surface area (Å²) < 4.78 is 5.92. The SMILES string of the molecule is CC[C@]12CCN(C[C@@H]3CCCO3)[C@H](Cc3ccc(C)cc31)[C@@H]2C. The van der Waals surface area contributed by atoms with Crippen molar-refractivity contribution < 1.29 is 4.74 Å². The van der Waals surface area contributed by atoms with Crippen LogP contribution in [0.1, 0.15) is 56.2 Å². The van der Waals surface area contributed by atoms with Crippen LogP contribution in [0.25, 0.3) is 0 Å². The summed E-state index contributed by atoms with van der Waals surface area (Å²) in [6, 6.07) is 7.89. The number of ether oxygens (including phenoxy) is 1. The summed E-state index contributed by atoms with van der Waals surface area (Å²) in [5.74, 6) is 0.747. The summed E-state index contributed by atoms with van der Waals surface area (Å²) in [6.45, 7) is 10.5. The van der Waals surface area contributed by atoms with E-state index in [2.05, 4.69) is 43.9 Å². The fourth-order valence-corrected chi connectivity index (χ4v) is 5.63. The van der Waals surface area contributed by atoms with E-state index in [4.69, 9.17) is 4.74 Å². The first-order chi connectivity index (χ1) is 11.1. The fraction of sp³-hybridized carbons (Fsp3) is 0.714. The van der Waals surface area contributed by atoms with Gasteiger partial charge in [0.25, 0.3) is 0 Å². The molecule has 0 radical (unpaired) electrons. The first-order valence-electron chi connectivity index (χ1n) is 9.59. The highest BCUT2D eigenvalue weighted by Gasteiger charge is 2.50. The lowest BCUT2D eigenvalue weighted by Gasteiger charge is -2.56. The predicted octanol–water partition coefficient (Wildman–Crippen LogP) is 4.09. The zero-order chi connectivity index (χ0) is 16.0. The number of benzene rings is 1. The van der Waals surface area contributed by atoms with E-state index in [1.807, 2.05) is 0 Å². The number of piperidine rings is 1. The largest absolute Gasteiger partial charge is 0.377 e. The predicted molar refractivity (Wildman–Crippen MR) is 95.0 cm³/mol. The number of aryl methyl sites for hydroxylation is 1. The van der Waals surface area contributed by atoms with Crippen molar-refractivity contribution in [3.05, 3.63) is 34.9 Å². The van der Waals surface area contributed by atoms with E-state index in [0.29, 0.717) is 17.6 Å². The van der Waals surface area contributed by atoms with Gasteiger partial charge in [-0.05, 0) is 62.6 Å². The van der Waals surface area contributed by atoms with Crippen molar-refractivity contribution in [2.24, 2.45) is 5.92 Å². The monoisotopic (exact) mass is 313 g/mol. The highest BCUT2D eigenvalue weighted by molar-refractivity contribution is 5.42. The average Bonchev–Trinajstić information content (AvgIpc) is 3.05. The van der Waals surface area contributed by atoms with E-state index in [-0.39, 0.29) is 0 Å². The molecule has 126 valence electrons. The molecular formula is C21H31NO. The van der Waals surface area contributed by atoms with Crippen molar-refractivity contribution in [3.8, 4) is 0 Å². The smallest absolute Gasteiger partial charge is 0.0702 e. The summed E-state index contributed by atoms with van der Waals surface area (Å²) >= 11 is 0. The highest BCUT2D eigenvalue weighted by atomic mass is 16.5. The molecule has 0 N–H and O–H groups in total. The Morgan fingerprint density at radius 3 is 2.96 bits per heavy atom. The average molecular weight is 313 g/mol. The summed E-state index contributed by atoms with van der Waals surface area (Å²) in [7, 11) is 0. The highest BCUT2D eigenvalue weighted by Crippen LogP contribution is 2.51. The Morgan fingerprint density at radius 2 is 2.22 bits per heavy atom. The van der Waals surface area contributed by atoms with Crippen molar-refractivity contribution in [3.63, 3.8) is 0 Å². The molecule has 2 heteroatoms. The normalized spacial score (nSPS) is 36.9. The molecule has 2 fully saturated rings. The van der Waals surface area contributed by atoms with Crippen LogP contribution in [0, 0.1) is 12.8 Å². The summed E-state index contributed by atoms with van der Waals surface area (Å²) in [5.41, 5.74) is 5.10.